The fourth-order valence-electron chi connectivity index (χ4n) is 6.10. The first kappa shape index (κ1) is 29.8. The van der Waals surface area contributed by atoms with E-state index in [0.717, 1.165) is 30.4 Å². The number of benzene rings is 2. The van der Waals surface area contributed by atoms with Crippen molar-refractivity contribution in [1.29, 1.82) is 0 Å². The maximum atomic E-state index is 12.6. The van der Waals surface area contributed by atoms with Crippen molar-refractivity contribution >= 4 is 17.1 Å². The van der Waals surface area contributed by atoms with E-state index in [1.165, 1.54) is 4.80 Å². The second-order valence-corrected chi connectivity index (χ2v) is 14.8. The summed E-state index contributed by atoms with van der Waals surface area (Å²) in [5, 5.41) is 27.1. The van der Waals surface area contributed by atoms with E-state index in [4.69, 9.17) is 4.74 Å². The van der Waals surface area contributed by atoms with E-state index < -0.39 is 6.09 Å². The number of aromatic hydroxyl groups is 1. The maximum Gasteiger partial charge on any atom is 0.412 e. The number of carbonyl (C=O) groups excluding carboxylic acids is 1. The van der Waals surface area contributed by atoms with Crippen LogP contribution in [0, 0.1) is 5.92 Å². The smallest absolute Gasteiger partial charge is 0.412 e. The van der Waals surface area contributed by atoms with Gasteiger partial charge in [0.05, 0.1) is 0 Å². The van der Waals surface area contributed by atoms with E-state index in [1.807, 2.05) is 6.07 Å². The molecule has 8 nitrogen and oxygen atoms in total. The maximum absolute atomic E-state index is 12.6. The van der Waals surface area contributed by atoms with Gasteiger partial charge < -0.3 is 20.5 Å². The van der Waals surface area contributed by atoms with E-state index in [1.54, 1.807) is 18.2 Å². The van der Waals surface area contributed by atoms with Crippen LogP contribution in [-0.4, -0.2) is 43.8 Å². The first-order valence-electron chi connectivity index (χ1n) is 14.3. The van der Waals surface area contributed by atoms with Gasteiger partial charge in [0.2, 0.25) is 0 Å². The average Bonchev–Trinajstić information content (AvgIpc) is 3.18. The Bertz CT molecular complexity index is 1380. The minimum atomic E-state index is -0.482. The molecule has 1 aromatic heterocycles. The van der Waals surface area contributed by atoms with Gasteiger partial charge in [-0.25, -0.2) is 4.79 Å². The zero-order valence-corrected chi connectivity index (χ0v) is 25.9. The molecule has 218 valence electrons. The van der Waals surface area contributed by atoms with Crippen molar-refractivity contribution in [3.05, 3.63) is 41.5 Å². The van der Waals surface area contributed by atoms with Gasteiger partial charge in [-0.15, -0.1) is 15.0 Å². The Labute approximate surface area is 238 Å². The van der Waals surface area contributed by atoms with Gasteiger partial charge in [-0.05, 0) is 87.5 Å². The number of nitrogens with one attached hydrogen (secondary N) is 2. The fraction of sp³-hybridized carbons (Fsp3) is 0.594. The Hall–Kier alpha value is -3.13. The molecule has 3 aromatic rings. The van der Waals surface area contributed by atoms with Gasteiger partial charge in [0.25, 0.3) is 0 Å². The number of carbonyl (C=O) groups is 1. The highest BCUT2D eigenvalue weighted by molar-refractivity contribution is 5.78. The average molecular weight is 550 g/mol. The molecule has 0 radical (unpaired) electrons. The molecule has 4 rings (SSSR count). The summed E-state index contributed by atoms with van der Waals surface area (Å²) in [4.78, 5) is 14.0. The van der Waals surface area contributed by atoms with E-state index >= 15 is 0 Å². The fourth-order valence-corrected chi connectivity index (χ4v) is 6.10. The van der Waals surface area contributed by atoms with Crippen LogP contribution in [0.5, 0.6) is 11.5 Å². The van der Waals surface area contributed by atoms with E-state index in [2.05, 4.69) is 96.1 Å². The van der Waals surface area contributed by atoms with Crippen LogP contribution in [0.1, 0.15) is 99.6 Å². The van der Waals surface area contributed by atoms with E-state index in [-0.39, 0.29) is 27.7 Å². The van der Waals surface area contributed by atoms with Gasteiger partial charge in [-0.1, -0.05) is 47.6 Å². The Morgan fingerprint density at radius 1 is 1.00 bits per heavy atom. The zero-order valence-electron chi connectivity index (χ0n) is 25.9. The molecule has 3 N–H and O–H groups in total. The third-order valence-electron chi connectivity index (χ3n) is 7.64. The molecule has 0 aliphatic carbocycles. The highest BCUT2D eigenvalue weighted by Crippen LogP contribution is 2.39. The highest BCUT2D eigenvalue weighted by atomic mass is 16.6. The third-order valence-corrected chi connectivity index (χ3v) is 7.64. The molecule has 1 aliphatic rings. The number of nitrogens with zero attached hydrogens (tertiary/aromatic N) is 3. The summed E-state index contributed by atoms with van der Waals surface area (Å²) in [7, 11) is 0. The summed E-state index contributed by atoms with van der Waals surface area (Å²) >= 11 is 0. The van der Waals surface area contributed by atoms with Crippen LogP contribution in [-0.2, 0) is 10.8 Å². The summed E-state index contributed by atoms with van der Waals surface area (Å²) in [6.07, 6.45) is 2.57. The van der Waals surface area contributed by atoms with Crippen LogP contribution in [0.3, 0.4) is 0 Å². The normalized spacial score (nSPS) is 17.6. The quantitative estimate of drug-likeness (QED) is 0.325. The molecule has 2 heterocycles. The Morgan fingerprint density at radius 2 is 1.62 bits per heavy atom. The number of phenolic OH excluding ortho intramolecular Hbond substituents is 1. The first-order chi connectivity index (χ1) is 18.3. The van der Waals surface area contributed by atoms with Gasteiger partial charge in [0.15, 0.2) is 0 Å². The number of amides is 1. The van der Waals surface area contributed by atoms with Gasteiger partial charge in [0.1, 0.15) is 28.2 Å². The molecule has 1 amide bonds. The number of aromatic nitrogens is 3. The molecule has 8 heteroatoms. The van der Waals surface area contributed by atoms with Crippen LogP contribution in [0.25, 0.3) is 16.7 Å². The Kier molecular flexibility index (Phi) is 7.73. The lowest BCUT2D eigenvalue weighted by molar-refractivity contribution is 0.123. The van der Waals surface area contributed by atoms with Crippen molar-refractivity contribution in [3.8, 4) is 17.2 Å². The summed E-state index contributed by atoms with van der Waals surface area (Å²) < 4.78 is 5.57. The number of hydrogen-bond acceptors (Lipinski definition) is 6. The largest absolute Gasteiger partial charge is 0.505 e. The van der Waals surface area contributed by atoms with Crippen molar-refractivity contribution in [2.45, 2.75) is 110 Å². The van der Waals surface area contributed by atoms with Crippen molar-refractivity contribution in [2.24, 2.45) is 5.92 Å². The van der Waals surface area contributed by atoms with Crippen molar-refractivity contribution < 1.29 is 14.6 Å². The lowest BCUT2D eigenvalue weighted by atomic mass is 9.75. The third kappa shape index (κ3) is 6.95. The van der Waals surface area contributed by atoms with Gasteiger partial charge in [-0.2, -0.15) is 0 Å². The molecule has 1 saturated heterocycles. The number of rotatable bonds is 5. The predicted octanol–water partition coefficient (Wildman–Crippen LogP) is 6.76. The molecular weight excluding hydrogens is 502 g/mol. The lowest BCUT2D eigenvalue weighted by Crippen LogP contribution is -2.58. The number of piperidine rings is 1. The molecule has 0 unspecified atom stereocenters. The van der Waals surface area contributed by atoms with Gasteiger partial charge >= 0.3 is 6.09 Å². The van der Waals surface area contributed by atoms with Crippen LogP contribution < -0.4 is 15.4 Å². The van der Waals surface area contributed by atoms with Crippen LogP contribution in [0.4, 0.5) is 4.79 Å². The first-order valence-corrected chi connectivity index (χ1v) is 14.3. The monoisotopic (exact) mass is 549 g/mol. The molecule has 0 spiro atoms. The second-order valence-electron chi connectivity index (χ2n) is 14.8. The predicted molar refractivity (Wildman–Crippen MR) is 161 cm³/mol. The SMILES string of the molecule is CC1(C)CC(CCNC(=O)Oc2ccc3nn(-c4cc(C(C)(C)C)cc(C(C)(C)C)c4O)nc3c2)CC(C)(C)N1. The zero-order chi connectivity index (χ0) is 29.7. The van der Waals surface area contributed by atoms with E-state index in [0.29, 0.717) is 34.9 Å². The molecule has 1 fully saturated rings. The molecule has 2 aromatic carbocycles. The standard InChI is InChI=1S/C32H47N5O3/c1-29(2,3)21-15-23(30(4,5)6)27(38)26(16-21)37-34-24-12-11-22(17-25(24)35-37)40-28(39)33-14-13-20-18-31(7,8)36-32(9,10)19-20/h11-12,15-17,20,36,38H,13-14,18-19H2,1-10H3,(H,33,39). The number of ether oxygens (including phenoxy) is 1. The number of phenols is 1. The Balaban J connectivity index is 1.48. The summed E-state index contributed by atoms with van der Waals surface area (Å²) in [5.74, 6) is 1.09. The molecule has 0 saturated carbocycles. The lowest BCUT2D eigenvalue weighted by Gasteiger charge is -2.46. The molecular formula is C32H47N5O3. The topological polar surface area (TPSA) is 101 Å². The molecule has 40 heavy (non-hydrogen) atoms. The second kappa shape index (κ2) is 10.4. The van der Waals surface area contributed by atoms with E-state index in [9.17, 15) is 9.90 Å². The summed E-state index contributed by atoms with van der Waals surface area (Å²) in [6.45, 7) is 22.2. The van der Waals surface area contributed by atoms with Crippen LogP contribution in [0.15, 0.2) is 30.3 Å². The van der Waals surface area contributed by atoms with Gasteiger partial charge in [0, 0.05) is 29.3 Å². The minimum Gasteiger partial charge on any atom is -0.505 e. The summed E-state index contributed by atoms with van der Waals surface area (Å²) in [5.41, 5.74) is 3.45. The molecule has 0 atom stereocenters. The highest BCUT2D eigenvalue weighted by Gasteiger charge is 2.37. The molecule has 1 aliphatic heterocycles. The minimum absolute atomic E-state index is 0.0823. The summed E-state index contributed by atoms with van der Waals surface area (Å²) in [6, 6.07) is 9.20. The van der Waals surface area contributed by atoms with Crippen molar-refractivity contribution in [3.63, 3.8) is 0 Å². The number of fused-ring (bicyclic) bond motifs is 1. The van der Waals surface area contributed by atoms with Crippen LogP contribution >= 0.6 is 0 Å². The van der Waals surface area contributed by atoms with Gasteiger partial charge in [-0.3, -0.25) is 0 Å². The number of hydrogen-bond donors (Lipinski definition) is 3. The van der Waals surface area contributed by atoms with Crippen molar-refractivity contribution in [2.75, 3.05) is 6.54 Å². The van der Waals surface area contributed by atoms with Crippen LogP contribution in [0.2, 0.25) is 0 Å². The Morgan fingerprint density at radius 3 is 2.23 bits per heavy atom. The molecule has 0 bridgehead atoms. The van der Waals surface area contributed by atoms with Crippen molar-refractivity contribution in [1.82, 2.24) is 25.6 Å².